The Balaban J connectivity index is 1.26. The Kier molecular flexibility index (Phi) is 6.63. The Morgan fingerprint density at radius 1 is 1.11 bits per heavy atom. The molecule has 0 saturated carbocycles. The number of carbonyl (C=O) groups excluding carboxylic acids is 1. The van der Waals surface area contributed by atoms with Crippen LogP contribution >= 0.6 is 34.4 Å². The number of fused-ring (bicyclic) bond motifs is 1. The number of H-pyrrole nitrogens is 1. The maximum absolute atomic E-state index is 12.7. The number of aryl methyl sites for hydroxylation is 1. The molecule has 0 bridgehead atoms. The lowest BCUT2D eigenvalue weighted by Gasteiger charge is -2.02. The summed E-state index contributed by atoms with van der Waals surface area (Å²) in [6, 6.07) is 15.9. The molecule has 0 radical (unpaired) electrons. The van der Waals surface area contributed by atoms with Crippen LogP contribution in [0.25, 0.3) is 31.9 Å². The van der Waals surface area contributed by atoms with Crippen molar-refractivity contribution >= 4 is 61.4 Å². The van der Waals surface area contributed by atoms with Gasteiger partial charge in [0.15, 0.2) is 10.3 Å². The van der Waals surface area contributed by atoms with Crippen LogP contribution in [-0.4, -0.2) is 31.5 Å². The van der Waals surface area contributed by atoms with E-state index in [1.165, 1.54) is 34.8 Å². The summed E-state index contributed by atoms with van der Waals surface area (Å²) in [5.41, 5.74) is 3.00. The van der Waals surface area contributed by atoms with Crippen molar-refractivity contribution in [1.82, 2.24) is 15.0 Å². The maximum Gasteiger partial charge on any atom is 0.269 e. The zero-order chi connectivity index (χ0) is 25.2. The van der Waals surface area contributed by atoms with E-state index in [1.54, 1.807) is 17.5 Å². The molecule has 0 spiro atoms. The molecule has 0 fully saturated rings. The molecular formula is C24H17N5O4S3. The molecule has 2 N–H and O–H groups in total. The molecule has 12 heteroatoms. The molecule has 5 rings (SSSR count). The number of benzene rings is 2. The van der Waals surface area contributed by atoms with Gasteiger partial charge in [0.1, 0.15) is 4.83 Å². The van der Waals surface area contributed by atoms with E-state index >= 15 is 0 Å². The highest BCUT2D eigenvalue weighted by Gasteiger charge is 2.17. The number of hydrogen-bond acceptors (Lipinski definition) is 9. The van der Waals surface area contributed by atoms with Crippen molar-refractivity contribution in [3.05, 3.63) is 86.0 Å². The Bertz CT molecular complexity index is 1640. The first-order valence-corrected chi connectivity index (χ1v) is 13.3. The van der Waals surface area contributed by atoms with Gasteiger partial charge < -0.3 is 10.3 Å². The van der Waals surface area contributed by atoms with Crippen LogP contribution in [0.3, 0.4) is 0 Å². The lowest BCUT2D eigenvalue weighted by Crippen LogP contribution is -2.15. The molecule has 0 aliphatic heterocycles. The predicted octanol–water partition coefficient (Wildman–Crippen LogP) is 5.72. The number of nitrogens with zero attached hydrogens (tertiary/aromatic N) is 3. The third-order valence-corrected chi connectivity index (χ3v) is 8.15. The number of aromatic amines is 1. The molecule has 180 valence electrons. The van der Waals surface area contributed by atoms with Gasteiger partial charge in [0.25, 0.3) is 11.2 Å². The Morgan fingerprint density at radius 3 is 2.58 bits per heavy atom. The van der Waals surface area contributed by atoms with Crippen LogP contribution in [0.5, 0.6) is 0 Å². The predicted molar refractivity (Wildman–Crippen MR) is 144 cm³/mol. The molecule has 3 heterocycles. The van der Waals surface area contributed by atoms with Crippen LogP contribution in [0.2, 0.25) is 0 Å². The molecule has 2 aromatic carbocycles. The van der Waals surface area contributed by atoms with Crippen molar-refractivity contribution in [2.45, 2.75) is 12.1 Å². The third kappa shape index (κ3) is 4.91. The summed E-state index contributed by atoms with van der Waals surface area (Å²) in [5.74, 6) is -0.253. The Hall–Kier alpha value is -3.87. The molecule has 9 nitrogen and oxygen atoms in total. The zero-order valence-corrected chi connectivity index (χ0v) is 21.1. The second kappa shape index (κ2) is 10.0. The standard InChI is InChI=1S/C24H17N5O4S3/c1-13-19-21(31)27-24(28-22(19)36-20(13)15-5-3-2-4-6-15)35-12-18(30)26-23-25-17(11-34-23)14-7-9-16(10-8-14)29(32)33/h2-11H,12H2,1H3,(H,25,26,30)(H,27,28,31). The van der Waals surface area contributed by atoms with E-state index in [1.807, 2.05) is 37.3 Å². The van der Waals surface area contributed by atoms with Crippen LogP contribution in [0, 0.1) is 17.0 Å². The monoisotopic (exact) mass is 535 g/mol. The highest BCUT2D eigenvalue weighted by molar-refractivity contribution is 7.99. The molecule has 5 aromatic rings. The van der Waals surface area contributed by atoms with Gasteiger partial charge in [0, 0.05) is 28.0 Å². The van der Waals surface area contributed by atoms with Crippen molar-refractivity contribution in [3.63, 3.8) is 0 Å². The fourth-order valence-corrected chi connectivity index (χ4v) is 6.21. The second-order valence-corrected chi connectivity index (χ2v) is 10.5. The fourth-order valence-electron chi connectivity index (χ4n) is 3.56. The van der Waals surface area contributed by atoms with E-state index < -0.39 is 4.92 Å². The summed E-state index contributed by atoms with van der Waals surface area (Å²) < 4.78 is 0. The van der Waals surface area contributed by atoms with Crippen LogP contribution < -0.4 is 10.9 Å². The van der Waals surface area contributed by atoms with Crippen LogP contribution in [0.4, 0.5) is 10.8 Å². The van der Waals surface area contributed by atoms with E-state index in [9.17, 15) is 19.7 Å². The van der Waals surface area contributed by atoms with Gasteiger partial charge in [-0.25, -0.2) is 9.97 Å². The largest absolute Gasteiger partial charge is 0.301 e. The molecule has 0 aliphatic rings. The number of nitro benzene ring substituents is 1. The Morgan fingerprint density at radius 2 is 1.86 bits per heavy atom. The minimum absolute atomic E-state index is 0.00151. The fraction of sp³-hybridized carbons (Fsp3) is 0.0833. The van der Waals surface area contributed by atoms with Gasteiger partial charge in [-0.2, -0.15) is 0 Å². The van der Waals surface area contributed by atoms with Gasteiger partial charge >= 0.3 is 0 Å². The summed E-state index contributed by atoms with van der Waals surface area (Å²) >= 11 is 3.84. The average Bonchev–Trinajstić information content (AvgIpc) is 3.48. The first-order chi connectivity index (χ1) is 17.4. The van der Waals surface area contributed by atoms with Crippen LogP contribution in [-0.2, 0) is 4.79 Å². The lowest BCUT2D eigenvalue weighted by molar-refractivity contribution is -0.384. The number of rotatable bonds is 7. The molecule has 0 saturated heterocycles. The number of amides is 1. The van der Waals surface area contributed by atoms with Gasteiger partial charge in [-0.05, 0) is 30.2 Å². The number of thiophene rings is 1. The first-order valence-electron chi connectivity index (χ1n) is 10.6. The smallest absolute Gasteiger partial charge is 0.269 e. The summed E-state index contributed by atoms with van der Waals surface area (Å²) in [6.07, 6.45) is 0. The van der Waals surface area contributed by atoms with E-state index in [4.69, 9.17) is 0 Å². The van der Waals surface area contributed by atoms with E-state index in [0.29, 0.717) is 31.8 Å². The van der Waals surface area contributed by atoms with Gasteiger partial charge in [0.05, 0.1) is 21.8 Å². The molecule has 0 atom stereocenters. The summed E-state index contributed by atoms with van der Waals surface area (Å²) in [4.78, 5) is 48.9. The average molecular weight is 536 g/mol. The zero-order valence-electron chi connectivity index (χ0n) is 18.7. The third-order valence-electron chi connectivity index (χ3n) is 5.28. The minimum Gasteiger partial charge on any atom is -0.301 e. The Labute approximate surface area is 216 Å². The van der Waals surface area contributed by atoms with Crippen molar-refractivity contribution < 1.29 is 9.72 Å². The molecule has 3 aromatic heterocycles. The minimum atomic E-state index is -0.463. The van der Waals surface area contributed by atoms with Gasteiger partial charge in [-0.15, -0.1) is 22.7 Å². The van der Waals surface area contributed by atoms with Gasteiger partial charge in [-0.3, -0.25) is 19.7 Å². The SMILES string of the molecule is Cc1c(-c2ccccc2)sc2nc(SCC(=O)Nc3nc(-c4ccc([N+](=O)[O-])cc4)cs3)[nH]c(=O)c12. The summed E-state index contributed by atoms with van der Waals surface area (Å²) in [6.45, 7) is 1.91. The number of aromatic nitrogens is 3. The number of anilines is 1. The quantitative estimate of drug-likeness (QED) is 0.118. The molecule has 0 unspecified atom stereocenters. The van der Waals surface area contributed by atoms with Gasteiger partial charge in [-0.1, -0.05) is 42.1 Å². The van der Waals surface area contributed by atoms with Crippen molar-refractivity contribution in [1.29, 1.82) is 0 Å². The number of non-ortho nitro benzene ring substituents is 1. The highest BCUT2D eigenvalue weighted by Crippen LogP contribution is 2.36. The first kappa shape index (κ1) is 23.9. The van der Waals surface area contributed by atoms with Crippen LogP contribution in [0.1, 0.15) is 5.56 Å². The summed E-state index contributed by atoms with van der Waals surface area (Å²) in [7, 11) is 0. The number of thiazole rings is 1. The van der Waals surface area contributed by atoms with Crippen LogP contribution in [0.15, 0.2) is 69.9 Å². The van der Waals surface area contributed by atoms with Crippen molar-refractivity contribution in [3.8, 4) is 21.7 Å². The van der Waals surface area contributed by atoms with Gasteiger partial charge in [0.2, 0.25) is 5.91 Å². The topological polar surface area (TPSA) is 131 Å². The number of thioether (sulfide) groups is 1. The van der Waals surface area contributed by atoms with Crippen molar-refractivity contribution in [2.24, 2.45) is 0 Å². The summed E-state index contributed by atoms with van der Waals surface area (Å²) in [5, 5.41) is 16.7. The maximum atomic E-state index is 12.7. The molecular weight excluding hydrogens is 518 g/mol. The number of hydrogen-bond donors (Lipinski definition) is 2. The molecule has 0 aliphatic carbocycles. The number of nitro groups is 1. The number of nitrogens with one attached hydrogen (secondary N) is 2. The molecule has 1 amide bonds. The van der Waals surface area contributed by atoms with Crippen molar-refractivity contribution in [2.75, 3.05) is 11.1 Å². The lowest BCUT2D eigenvalue weighted by atomic mass is 10.1. The normalized spacial score (nSPS) is 11.0. The second-order valence-electron chi connectivity index (χ2n) is 7.65. The van der Waals surface area contributed by atoms with E-state index in [0.717, 1.165) is 27.8 Å². The highest BCUT2D eigenvalue weighted by atomic mass is 32.2. The van der Waals surface area contributed by atoms with E-state index in [2.05, 4.69) is 20.3 Å². The van der Waals surface area contributed by atoms with E-state index in [-0.39, 0.29) is 22.9 Å². The molecule has 36 heavy (non-hydrogen) atoms. The number of carbonyl (C=O) groups is 1.